The lowest BCUT2D eigenvalue weighted by Gasteiger charge is -2.10. The van der Waals surface area contributed by atoms with Crippen molar-refractivity contribution in [1.82, 2.24) is 14.8 Å². The van der Waals surface area contributed by atoms with Gasteiger partial charge in [0.1, 0.15) is 5.82 Å². The zero-order valence-electron chi connectivity index (χ0n) is 14.1. The van der Waals surface area contributed by atoms with Crippen LogP contribution in [0.1, 0.15) is 32.9 Å². The van der Waals surface area contributed by atoms with E-state index >= 15 is 0 Å². The molecule has 2 aromatic heterocycles. The van der Waals surface area contributed by atoms with Crippen LogP contribution in [0.15, 0.2) is 42.6 Å². The summed E-state index contributed by atoms with van der Waals surface area (Å²) in [5.41, 5.74) is 5.41. The van der Waals surface area contributed by atoms with Crippen molar-refractivity contribution in [2.45, 2.75) is 19.5 Å². The van der Waals surface area contributed by atoms with Gasteiger partial charge in [0, 0.05) is 23.9 Å². The van der Waals surface area contributed by atoms with Crippen LogP contribution in [0.25, 0.3) is 5.82 Å². The number of carbonyl (C=O) groups excluding carboxylic acids is 1. The van der Waals surface area contributed by atoms with Gasteiger partial charge >= 0.3 is 6.18 Å². The van der Waals surface area contributed by atoms with Crippen LogP contribution in [0.3, 0.4) is 0 Å². The first-order valence-corrected chi connectivity index (χ1v) is 7.82. The maximum Gasteiger partial charge on any atom is 0.416 e. The van der Waals surface area contributed by atoms with Crippen molar-refractivity contribution < 1.29 is 22.4 Å². The van der Waals surface area contributed by atoms with Crippen molar-refractivity contribution in [2.75, 3.05) is 0 Å². The molecule has 1 aromatic carbocycles. The maximum absolute atomic E-state index is 13.5. The first-order chi connectivity index (χ1) is 12.6. The van der Waals surface area contributed by atoms with Gasteiger partial charge in [-0.3, -0.25) is 4.79 Å². The average molecular weight is 378 g/mol. The van der Waals surface area contributed by atoms with Crippen molar-refractivity contribution in [1.29, 1.82) is 0 Å². The number of alkyl halides is 3. The lowest BCUT2D eigenvalue weighted by Crippen LogP contribution is -2.13. The van der Waals surface area contributed by atoms with Gasteiger partial charge in [-0.25, -0.2) is 14.1 Å². The van der Waals surface area contributed by atoms with Gasteiger partial charge in [0.25, 0.3) is 5.91 Å². The van der Waals surface area contributed by atoms with Gasteiger partial charge in [0.15, 0.2) is 11.5 Å². The highest BCUT2D eigenvalue weighted by Gasteiger charge is 2.31. The van der Waals surface area contributed by atoms with E-state index in [1.165, 1.54) is 4.68 Å². The Morgan fingerprint density at radius 2 is 1.96 bits per heavy atom. The number of pyridine rings is 1. The predicted octanol–water partition coefficient (Wildman–Crippen LogP) is 3.42. The molecule has 0 aliphatic carbocycles. The summed E-state index contributed by atoms with van der Waals surface area (Å²) in [7, 11) is 0. The molecule has 0 saturated heterocycles. The topological polar surface area (TPSA) is 73.8 Å². The molecule has 0 spiro atoms. The molecule has 0 radical (unpaired) electrons. The van der Waals surface area contributed by atoms with E-state index in [0.29, 0.717) is 23.1 Å². The van der Waals surface area contributed by atoms with E-state index in [1.54, 1.807) is 31.3 Å². The molecule has 0 atom stereocenters. The minimum atomic E-state index is -4.64. The summed E-state index contributed by atoms with van der Waals surface area (Å²) in [5.74, 6) is -1.29. The maximum atomic E-state index is 13.5. The second-order valence-electron chi connectivity index (χ2n) is 5.98. The quantitative estimate of drug-likeness (QED) is 0.707. The van der Waals surface area contributed by atoms with Crippen molar-refractivity contribution in [2.24, 2.45) is 5.73 Å². The van der Waals surface area contributed by atoms with Gasteiger partial charge in [-0.2, -0.15) is 18.3 Å². The SMILES string of the molecule is Cc1cn(-c2cccc(Cc3cc(F)cc(C(F)(F)F)c3)n2)nc1C(N)=O. The standard InChI is InChI=1S/C18H14F4N4O/c1-10-9-26(25-16(10)17(23)27)15-4-2-3-14(24-15)7-11-5-12(18(20,21)22)8-13(19)6-11/h2-6,8-9H,7H2,1H3,(H2,23,27). The third-order valence-corrected chi connectivity index (χ3v) is 3.83. The molecule has 2 N–H and O–H groups in total. The number of aryl methyl sites for hydroxylation is 1. The van der Waals surface area contributed by atoms with Crippen molar-refractivity contribution >= 4 is 5.91 Å². The summed E-state index contributed by atoms with van der Waals surface area (Å²) in [6, 6.07) is 7.24. The summed E-state index contributed by atoms with van der Waals surface area (Å²) in [6.45, 7) is 1.67. The molecule has 5 nitrogen and oxygen atoms in total. The Labute approximate surface area is 151 Å². The third-order valence-electron chi connectivity index (χ3n) is 3.83. The van der Waals surface area contributed by atoms with E-state index in [1.807, 2.05) is 0 Å². The van der Waals surface area contributed by atoms with E-state index in [-0.39, 0.29) is 17.7 Å². The summed E-state index contributed by atoms with van der Waals surface area (Å²) < 4.78 is 53.4. The fourth-order valence-electron chi connectivity index (χ4n) is 2.64. The number of benzene rings is 1. The highest BCUT2D eigenvalue weighted by molar-refractivity contribution is 5.92. The van der Waals surface area contributed by atoms with Crippen molar-refractivity contribution in [3.63, 3.8) is 0 Å². The smallest absolute Gasteiger partial charge is 0.364 e. The summed E-state index contributed by atoms with van der Waals surface area (Å²) >= 11 is 0. The molecule has 0 saturated carbocycles. The van der Waals surface area contributed by atoms with Crippen LogP contribution in [0.5, 0.6) is 0 Å². The van der Waals surface area contributed by atoms with Gasteiger partial charge in [-0.1, -0.05) is 6.07 Å². The Morgan fingerprint density at radius 1 is 1.22 bits per heavy atom. The lowest BCUT2D eigenvalue weighted by molar-refractivity contribution is -0.137. The van der Waals surface area contributed by atoms with Crippen LogP contribution >= 0.6 is 0 Å². The summed E-state index contributed by atoms with van der Waals surface area (Å²) in [5, 5.41) is 4.06. The first-order valence-electron chi connectivity index (χ1n) is 7.82. The van der Waals surface area contributed by atoms with E-state index in [4.69, 9.17) is 5.73 Å². The molecule has 3 rings (SSSR count). The Balaban J connectivity index is 1.92. The highest BCUT2D eigenvalue weighted by atomic mass is 19.4. The first kappa shape index (κ1) is 18.6. The van der Waals surface area contributed by atoms with Gasteiger partial charge in [-0.05, 0) is 42.8 Å². The molecule has 0 aliphatic rings. The van der Waals surface area contributed by atoms with Crippen LogP contribution in [0.2, 0.25) is 0 Å². The molecule has 9 heteroatoms. The predicted molar refractivity (Wildman–Crippen MR) is 88.8 cm³/mol. The molecular formula is C18H14F4N4O. The van der Waals surface area contributed by atoms with Crippen molar-refractivity contribution in [3.05, 3.63) is 76.5 Å². The van der Waals surface area contributed by atoms with Crippen LogP contribution in [-0.4, -0.2) is 20.7 Å². The van der Waals surface area contributed by atoms with Gasteiger partial charge in [0.2, 0.25) is 0 Å². The van der Waals surface area contributed by atoms with E-state index in [9.17, 15) is 22.4 Å². The Bertz CT molecular complexity index is 1010. The number of aromatic nitrogens is 3. The number of halogens is 4. The fraction of sp³-hybridized carbons (Fsp3) is 0.167. The normalized spacial score (nSPS) is 11.6. The summed E-state index contributed by atoms with van der Waals surface area (Å²) in [4.78, 5) is 15.6. The monoisotopic (exact) mass is 378 g/mol. The number of primary amides is 1. The third kappa shape index (κ3) is 4.13. The number of amides is 1. The zero-order valence-corrected chi connectivity index (χ0v) is 14.1. The summed E-state index contributed by atoms with van der Waals surface area (Å²) in [6.07, 6.45) is -3.07. The number of hydrogen-bond donors (Lipinski definition) is 1. The fourth-order valence-corrected chi connectivity index (χ4v) is 2.64. The van der Waals surface area contributed by atoms with Gasteiger partial charge < -0.3 is 5.73 Å². The van der Waals surface area contributed by atoms with E-state index in [0.717, 1.165) is 12.1 Å². The Kier molecular flexibility index (Phi) is 4.69. The second-order valence-corrected chi connectivity index (χ2v) is 5.98. The Morgan fingerprint density at radius 3 is 2.59 bits per heavy atom. The second kappa shape index (κ2) is 6.82. The molecular weight excluding hydrogens is 364 g/mol. The molecule has 0 aliphatic heterocycles. The number of carbonyl (C=O) groups is 1. The minimum Gasteiger partial charge on any atom is -0.364 e. The molecule has 2 heterocycles. The molecule has 27 heavy (non-hydrogen) atoms. The van der Waals surface area contributed by atoms with Gasteiger partial charge in [0.05, 0.1) is 5.56 Å². The lowest BCUT2D eigenvalue weighted by atomic mass is 10.1. The number of nitrogens with two attached hydrogens (primary N) is 1. The molecule has 0 unspecified atom stereocenters. The minimum absolute atomic E-state index is 0.00237. The number of rotatable bonds is 4. The van der Waals surface area contributed by atoms with Gasteiger partial charge in [-0.15, -0.1) is 0 Å². The zero-order chi connectivity index (χ0) is 19.8. The van der Waals surface area contributed by atoms with E-state index in [2.05, 4.69) is 10.1 Å². The van der Waals surface area contributed by atoms with Crippen LogP contribution in [0.4, 0.5) is 17.6 Å². The molecule has 140 valence electrons. The van der Waals surface area contributed by atoms with Crippen LogP contribution in [-0.2, 0) is 12.6 Å². The van der Waals surface area contributed by atoms with E-state index < -0.39 is 23.5 Å². The van der Waals surface area contributed by atoms with Crippen LogP contribution in [0, 0.1) is 12.7 Å². The molecule has 0 bridgehead atoms. The average Bonchev–Trinajstić information content (AvgIpc) is 2.96. The molecule has 0 fully saturated rings. The highest BCUT2D eigenvalue weighted by Crippen LogP contribution is 2.30. The number of hydrogen-bond acceptors (Lipinski definition) is 3. The van der Waals surface area contributed by atoms with Crippen molar-refractivity contribution in [3.8, 4) is 5.82 Å². The van der Waals surface area contributed by atoms with Crippen LogP contribution < -0.4 is 5.73 Å². The Hall–Kier alpha value is -3.23. The largest absolute Gasteiger partial charge is 0.416 e. The molecule has 3 aromatic rings. The number of nitrogens with zero attached hydrogens (tertiary/aromatic N) is 3. The molecule has 1 amide bonds.